The third kappa shape index (κ3) is 3.29. The number of carbonyl (C=O) groups excluding carboxylic acids is 1. The number of carbonyl (C=O) groups is 1. The van der Waals surface area contributed by atoms with Crippen molar-refractivity contribution in [3.05, 3.63) is 23.8 Å². The van der Waals surface area contributed by atoms with Gasteiger partial charge in [-0.05, 0) is 19.9 Å². The van der Waals surface area contributed by atoms with Gasteiger partial charge in [-0.2, -0.15) is 0 Å². The average molecular weight is 263 g/mol. The maximum Gasteiger partial charge on any atom is 0.272 e. The second kappa shape index (κ2) is 5.65. The zero-order valence-electron chi connectivity index (χ0n) is 12.0. The molecule has 5 heteroatoms. The van der Waals surface area contributed by atoms with E-state index in [0.29, 0.717) is 24.6 Å². The van der Waals surface area contributed by atoms with Gasteiger partial charge in [0.05, 0.1) is 12.2 Å². The highest BCUT2D eigenvalue weighted by atomic mass is 16.5. The number of nitrogens with zero attached hydrogens (tertiary/aromatic N) is 3. The summed E-state index contributed by atoms with van der Waals surface area (Å²) in [5.74, 6) is 0.891. The summed E-state index contributed by atoms with van der Waals surface area (Å²) in [6.45, 7) is 9.23. The van der Waals surface area contributed by atoms with Gasteiger partial charge in [0, 0.05) is 25.2 Å². The molecule has 19 heavy (non-hydrogen) atoms. The zero-order valence-corrected chi connectivity index (χ0v) is 12.0. The quantitative estimate of drug-likeness (QED) is 0.817. The van der Waals surface area contributed by atoms with Crippen LogP contribution in [0.4, 0.5) is 0 Å². The van der Waals surface area contributed by atoms with Crippen LogP contribution in [0.1, 0.15) is 49.9 Å². The van der Waals surface area contributed by atoms with E-state index >= 15 is 0 Å². The Morgan fingerprint density at radius 2 is 2.00 bits per heavy atom. The van der Waals surface area contributed by atoms with Gasteiger partial charge in [0.25, 0.3) is 5.91 Å². The molecule has 1 saturated heterocycles. The van der Waals surface area contributed by atoms with Gasteiger partial charge in [-0.15, -0.1) is 0 Å². The summed E-state index contributed by atoms with van der Waals surface area (Å²) >= 11 is 0. The van der Waals surface area contributed by atoms with Crippen molar-refractivity contribution >= 4 is 5.91 Å². The molecule has 0 aromatic carbocycles. The molecule has 1 aliphatic rings. The van der Waals surface area contributed by atoms with Crippen LogP contribution in [0.2, 0.25) is 0 Å². The smallest absolute Gasteiger partial charge is 0.272 e. The van der Waals surface area contributed by atoms with Crippen molar-refractivity contribution < 1.29 is 9.53 Å². The van der Waals surface area contributed by atoms with Crippen LogP contribution in [-0.2, 0) is 4.74 Å². The molecule has 1 aromatic rings. The molecule has 0 saturated carbocycles. The first-order valence-electron chi connectivity index (χ1n) is 6.75. The van der Waals surface area contributed by atoms with E-state index < -0.39 is 0 Å². The van der Waals surface area contributed by atoms with Gasteiger partial charge >= 0.3 is 0 Å². The molecule has 1 amide bonds. The van der Waals surface area contributed by atoms with E-state index in [-0.39, 0.29) is 24.0 Å². The Morgan fingerprint density at radius 1 is 1.37 bits per heavy atom. The summed E-state index contributed by atoms with van der Waals surface area (Å²) in [5.41, 5.74) is 0.472. The highest BCUT2D eigenvalue weighted by molar-refractivity contribution is 5.92. The molecular formula is C14H21N3O2. The summed E-state index contributed by atoms with van der Waals surface area (Å²) in [5, 5.41) is 0. The Bertz CT molecular complexity index is 452. The number of hydrogen-bond acceptors (Lipinski definition) is 4. The Balaban J connectivity index is 2.17. The van der Waals surface area contributed by atoms with Crippen molar-refractivity contribution in [3.63, 3.8) is 0 Å². The highest BCUT2D eigenvalue weighted by Gasteiger charge is 2.27. The van der Waals surface area contributed by atoms with Crippen LogP contribution in [0, 0.1) is 0 Å². The lowest BCUT2D eigenvalue weighted by Gasteiger charge is -2.35. The lowest BCUT2D eigenvalue weighted by atomic mass is 10.2. The molecule has 1 fully saturated rings. The Labute approximate surface area is 114 Å². The van der Waals surface area contributed by atoms with E-state index in [9.17, 15) is 4.79 Å². The minimum atomic E-state index is -0.0358. The molecule has 0 N–H and O–H groups in total. The fraction of sp³-hybridized carbons (Fsp3) is 0.643. The summed E-state index contributed by atoms with van der Waals surface area (Å²) in [6, 6.07) is 1.68. The van der Waals surface area contributed by atoms with Crippen molar-refractivity contribution in [1.82, 2.24) is 14.9 Å². The van der Waals surface area contributed by atoms with Crippen LogP contribution in [-0.4, -0.2) is 46.1 Å². The number of hydrogen-bond donors (Lipinski definition) is 0. The van der Waals surface area contributed by atoms with E-state index in [1.54, 1.807) is 12.3 Å². The minimum absolute atomic E-state index is 0.0358. The van der Waals surface area contributed by atoms with Crippen molar-refractivity contribution in [2.24, 2.45) is 0 Å². The van der Waals surface area contributed by atoms with E-state index in [1.807, 2.05) is 32.6 Å². The number of amides is 1. The number of ether oxygens (including phenoxy) is 1. The summed E-state index contributed by atoms with van der Waals surface area (Å²) in [7, 11) is 0. The van der Waals surface area contributed by atoms with Crippen LogP contribution in [0.3, 0.4) is 0 Å². The van der Waals surface area contributed by atoms with Gasteiger partial charge in [0.15, 0.2) is 0 Å². The van der Waals surface area contributed by atoms with Crippen LogP contribution < -0.4 is 0 Å². The molecule has 2 heterocycles. The van der Waals surface area contributed by atoms with Crippen molar-refractivity contribution in [2.45, 2.75) is 45.8 Å². The normalized spacial score (nSPS) is 23.7. The van der Waals surface area contributed by atoms with Crippen LogP contribution in [0.25, 0.3) is 0 Å². The fourth-order valence-corrected chi connectivity index (χ4v) is 2.28. The predicted molar refractivity (Wildman–Crippen MR) is 72.0 cm³/mol. The second-order valence-corrected chi connectivity index (χ2v) is 5.42. The molecule has 104 valence electrons. The first-order chi connectivity index (χ1) is 8.97. The molecule has 0 unspecified atom stereocenters. The second-order valence-electron chi connectivity index (χ2n) is 5.42. The Hall–Kier alpha value is -1.49. The van der Waals surface area contributed by atoms with Crippen molar-refractivity contribution in [2.75, 3.05) is 13.1 Å². The van der Waals surface area contributed by atoms with Crippen LogP contribution in [0.15, 0.2) is 12.3 Å². The summed E-state index contributed by atoms with van der Waals surface area (Å²) < 4.78 is 5.64. The number of morpholine rings is 1. The maximum atomic E-state index is 12.4. The molecule has 0 radical (unpaired) electrons. The molecule has 2 rings (SSSR count). The predicted octanol–water partition coefficient (Wildman–Crippen LogP) is 1.85. The first-order valence-corrected chi connectivity index (χ1v) is 6.75. The van der Waals surface area contributed by atoms with Gasteiger partial charge in [-0.3, -0.25) is 4.79 Å². The molecule has 5 nitrogen and oxygen atoms in total. The first kappa shape index (κ1) is 13.9. The molecular weight excluding hydrogens is 242 g/mol. The average Bonchev–Trinajstić information content (AvgIpc) is 2.37. The van der Waals surface area contributed by atoms with Crippen molar-refractivity contribution in [3.8, 4) is 0 Å². The maximum absolute atomic E-state index is 12.4. The lowest BCUT2D eigenvalue weighted by molar-refractivity contribution is -0.0587. The van der Waals surface area contributed by atoms with E-state index in [0.717, 1.165) is 0 Å². The van der Waals surface area contributed by atoms with E-state index in [2.05, 4.69) is 9.97 Å². The monoisotopic (exact) mass is 263 g/mol. The lowest BCUT2D eigenvalue weighted by Crippen LogP contribution is -2.48. The highest BCUT2D eigenvalue weighted by Crippen LogP contribution is 2.14. The van der Waals surface area contributed by atoms with Gasteiger partial charge in [0.2, 0.25) is 0 Å². The molecule has 1 aromatic heterocycles. The molecule has 0 aliphatic carbocycles. The SMILES string of the molecule is CC(C)c1nccc(C(=O)N2C[C@@H](C)O[C@@H](C)C2)n1. The topological polar surface area (TPSA) is 55.3 Å². The van der Waals surface area contributed by atoms with Gasteiger partial charge in [-0.1, -0.05) is 13.8 Å². The third-order valence-corrected chi connectivity index (χ3v) is 3.12. The molecule has 0 bridgehead atoms. The fourth-order valence-electron chi connectivity index (χ4n) is 2.28. The minimum Gasteiger partial charge on any atom is -0.372 e. The van der Waals surface area contributed by atoms with Crippen molar-refractivity contribution in [1.29, 1.82) is 0 Å². The third-order valence-electron chi connectivity index (χ3n) is 3.12. The standard InChI is InChI=1S/C14H21N3O2/c1-9(2)13-15-6-5-12(16-13)14(18)17-7-10(3)19-11(4)8-17/h5-6,9-11H,7-8H2,1-4H3/t10-,11+. The Kier molecular flexibility index (Phi) is 4.14. The van der Waals surface area contributed by atoms with E-state index in [4.69, 9.17) is 4.74 Å². The molecule has 2 atom stereocenters. The molecule has 0 spiro atoms. The van der Waals surface area contributed by atoms with E-state index in [1.165, 1.54) is 0 Å². The van der Waals surface area contributed by atoms with Gasteiger partial charge in [-0.25, -0.2) is 9.97 Å². The number of aromatic nitrogens is 2. The summed E-state index contributed by atoms with van der Waals surface area (Å²) in [4.78, 5) is 22.8. The largest absolute Gasteiger partial charge is 0.372 e. The zero-order chi connectivity index (χ0) is 14.0. The summed E-state index contributed by atoms with van der Waals surface area (Å²) in [6.07, 6.45) is 1.79. The van der Waals surface area contributed by atoms with Crippen LogP contribution in [0.5, 0.6) is 0 Å². The van der Waals surface area contributed by atoms with Crippen LogP contribution >= 0.6 is 0 Å². The Morgan fingerprint density at radius 3 is 2.58 bits per heavy atom. The number of rotatable bonds is 2. The van der Waals surface area contributed by atoms with Gasteiger partial charge in [0.1, 0.15) is 11.5 Å². The van der Waals surface area contributed by atoms with Gasteiger partial charge < -0.3 is 9.64 Å². The molecule has 1 aliphatic heterocycles.